The lowest BCUT2D eigenvalue weighted by atomic mass is 9.97. The minimum Gasteiger partial charge on any atom is -0.307 e. The van der Waals surface area contributed by atoms with E-state index in [0.29, 0.717) is 9.23 Å². The zero-order valence-corrected chi connectivity index (χ0v) is 13.1. The Bertz CT molecular complexity index is 975. The van der Waals surface area contributed by atoms with Crippen LogP contribution in [0.4, 0.5) is 0 Å². The summed E-state index contributed by atoms with van der Waals surface area (Å²) in [5, 5.41) is 7.38. The van der Waals surface area contributed by atoms with E-state index >= 15 is 0 Å². The van der Waals surface area contributed by atoms with Gasteiger partial charge in [0, 0.05) is 0 Å². The standard InChI is InChI=1S/C18H11NOS2/c20-17-16(22-18(21)19-17)10-12-9-11-5-1-2-6-13(11)15-8-4-3-7-14(12)15/h1-10H,(H,19,20,21)/b16-10-. The second-order valence-corrected chi connectivity index (χ2v) is 6.80. The van der Waals surface area contributed by atoms with E-state index in [9.17, 15) is 4.79 Å². The van der Waals surface area contributed by atoms with Gasteiger partial charge >= 0.3 is 0 Å². The summed E-state index contributed by atoms with van der Waals surface area (Å²) < 4.78 is 0.515. The van der Waals surface area contributed by atoms with Crippen molar-refractivity contribution in [1.29, 1.82) is 0 Å². The number of carbonyl (C=O) groups is 1. The molecule has 0 atom stereocenters. The number of benzene rings is 3. The van der Waals surface area contributed by atoms with Crippen molar-refractivity contribution in [1.82, 2.24) is 5.32 Å². The molecule has 4 heteroatoms. The molecule has 22 heavy (non-hydrogen) atoms. The van der Waals surface area contributed by atoms with Crippen molar-refractivity contribution >= 4 is 61.8 Å². The van der Waals surface area contributed by atoms with Crippen molar-refractivity contribution in [2.45, 2.75) is 0 Å². The van der Waals surface area contributed by atoms with Crippen LogP contribution in [0.2, 0.25) is 0 Å². The zero-order valence-electron chi connectivity index (χ0n) is 11.5. The van der Waals surface area contributed by atoms with Gasteiger partial charge in [-0.2, -0.15) is 0 Å². The van der Waals surface area contributed by atoms with Crippen LogP contribution in [0.5, 0.6) is 0 Å². The lowest BCUT2D eigenvalue weighted by Crippen LogP contribution is -2.17. The van der Waals surface area contributed by atoms with Crippen molar-refractivity contribution in [3.63, 3.8) is 0 Å². The molecule has 1 fully saturated rings. The normalized spacial score (nSPS) is 16.6. The minimum absolute atomic E-state index is 0.118. The van der Waals surface area contributed by atoms with Crippen LogP contribution in [0.15, 0.2) is 59.5 Å². The Morgan fingerprint density at radius 3 is 2.36 bits per heavy atom. The highest BCUT2D eigenvalue weighted by molar-refractivity contribution is 8.26. The Kier molecular flexibility index (Phi) is 3.21. The fraction of sp³-hybridized carbons (Fsp3) is 0. The van der Waals surface area contributed by atoms with Crippen molar-refractivity contribution < 1.29 is 4.79 Å². The molecule has 106 valence electrons. The molecule has 3 aromatic rings. The fourth-order valence-electron chi connectivity index (χ4n) is 2.76. The third-order valence-corrected chi connectivity index (χ3v) is 4.89. The molecule has 2 nitrogen and oxygen atoms in total. The molecule has 0 aliphatic carbocycles. The van der Waals surface area contributed by atoms with Crippen LogP contribution in [-0.2, 0) is 4.79 Å². The Hall–Kier alpha value is -2.17. The first-order valence-electron chi connectivity index (χ1n) is 6.88. The van der Waals surface area contributed by atoms with Crippen LogP contribution < -0.4 is 5.32 Å². The van der Waals surface area contributed by atoms with E-state index in [1.165, 1.54) is 27.9 Å². The molecule has 0 bridgehead atoms. The van der Waals surface area contributed by atoms with Gasteiger partial charge in [0.1, 0.15) is 4.32 Å². The molecule has 3 aromatic carbocycles. The molecule has 0 radical (unpaired) electrons. The molecule has 1 heterocycles. The van der Waals surface area contributed by atoms with E-state index in [1.54, 1.807) is 0 Å². The van der Waals surface area contributed by atoms with Gasteiger partial charge in [0.05, 0.1) is 4.91 Å². The molecule has 0 spiro atoms. The number of thiocarbonyl (C=S) groups is 1. The number of amides is 1. The molecule has 0 saturated carbocycles. The summed E-state index contributed by atoms with van der Waals surface area (Å²) in [6, 6.07) is 18.7. The molecule has 1 aliphatic heterocycles. The number of thioether (sulfide) groups is 1. The zero-order chi connectivity index (χ0) is 15.1. The molecular formula is C18H11NOS2. The highest BCUT2D eigenvalue weighted by Gasteiger charge is 2.22. The predicted octanol–water partition coefficient (Wildman–Crippen LogP) is 4.48. The van der Waals surface area contributed by atoms with Gasteiger partial charge in [-0.3, -0.25) is 4.79 Å². The lowest BCUT2D eigenvalue weighted by molar-refractivity contribution is -0.115. The molecule has 1 amide bonds. The molecular weight excluding hydrogens is 310 g/mol. The average Bonchev–Trinajstić information content (AvgIpc) is 2.85. The van der Waals surface area contributed by atoms with E-state index in [0.717, 1.165) is 10.9 Å². The van der Waals surface area contributed by atoms with Crippen molar-refractivity contribution in [2.75, 3.05) is 0 Å². The van der Waals surface area contributed by atoms with Crippen LogP contribution in [-0.4, -0.2) is 10.2 Å². The smallest absolute Gasteiger partial charge is 0.263 e. The van der Waals surface area contributed by atoms with Crippen LogP contribution in [0.1, 0.15) is 5.56 Å². The summed E-state index contributed by atoms with van der Waals surface area (Å²) in [5.41, 5.74) is 1.04. The third kappa shape index (κ3) is 2.21. The highest BCUT2D eigenvalue weighted by Crippen LogP contribution is 2.32. The summed E-state index contributed by atoms with van der Waals surface area (Å²) in [4.78, 5) is 12.5. The maximum absolute atomic E-state index is 11.9. The molecule has 1 N–H and O–H groups in total. The third-order valence-electron chi connectivity index (χ3n) is 3.73. The monoisotopic (exact) mass is 321 g/mol. The van der Waals surface area contributed by atoms with Crippen LogP contribution in [0.3, 0.4) is 0 Å². The Morgan fingerprint density at radius 2 is 1.64 bits per heavy atom. The number of nitrogens with one attached hydrogen (secondary N) is 1. The summed E-state index contributed by atoms with van der Waals surface area (Å²) in [5.74, 6) is -0.118. The van der Waals surface area contributed by atoms with Crippen LogP contribution in [0.25, 0.3) is 27.6 Å². The van der Waals surface area contributed by atoms with Crippen molar-refractivity contribution in [3.8, 4) is 0 Å². The lowest BCUT2D eigenvalue weighted by Gasteiger charge is -2.08. The van der Waals surface area contributed by atoms with E-state index < -0.39 is 0 Å². The minimum atomic E-state index is -0.118. The maximum atomic E-state index is 11.9. The van der Waals surface area contributed by atoms with Crippen LogP contribution in [0, 0.1) is 0 Å². The highest BCUT2D eigenvalue weighted by atomic mass is 32.2. The molecule has 1 saturated heterocycles. The number of fused-ring (bicyclic) bond motifs is 3. The number of carbonyl (C=O) groups excluding carboxylic acids is 1. The largest absolute Gasteiger partial charge is 0.307 e. The maximum Gasteiger partial charge on any atom is 0.263 e. The average molecular weight is 321 g/mol. The summed E-state index contributed by atoms with van der Waals surface area (Å²) >= 11 is 6.37. The van der Waals surface area contributed by atoms with Gasteiger partial charge in [-0.15, -0.1) is 0 Å². The molecule has 0 unspecified atom stereocenters. The van der Waals surface area contributed by atoms with E-state index in [-0.39, 0.29) is 5.91 Å². The number of hydrogen-bond donors (Lipinski definition) is 1. The second kappa shape index (κ2) is 5.23. The van der Waals surface area contributed by atoms with Gasteiger partial charge in [0.2, 0.25) is 0 Å². The number of rotatable bonds is 1. The van der Waals surface area contributed by atoms with E-state index in [2.05, 4.69) is 35.6 Å². The van der Waals surface area contributed by atoms with Gasteiger partial charge in [0.15, 0.2) is 0 Å². The number of hydrogen-bond acceptors (Lipinski definition) is 3. The second-order valence-electron chi connectivity index (χ2n) is 5.08. The van der Waals surface area contributed by atoms with Crippen molar-refractivity contribution in [2.24, 2.45) is 0 Å². The molecule has 4 rings (SSSR count). The first-order chi connectivity index (χ1) is 10.7. The van der Waals surface area contributed by atoms with Gasteiger partial charge < -0.3 is 5.32 Å². The quantitative estimate of drug-likeness (QED) is 0.407. The Labute approximate surface area is 137 Å². The van der Waals surface area contributed by atoms with Crippen LogP contribution >= 0.6 is 24.0 Å². The van der Waals surface area contributed by atoms with E-state index in [4.69, 9.17) is 12.2 Å². The molecule has 0 aromatic heterocycles. The van der Waals surface area contributed by atoms with Gasteiger partial charge in [-0.1, -0.05) is 72.5 Å². The fourth-order valence-corrected chi connectivity index (χ4v) is 3.80. The van der Waals surface area contributed by atoms with Crippen molar-refractivity contribution in [3.05, 3.63) is 65.1 Å². The van der Waals surface area contributed by atoms with Gasteiger partial charge in [0.25, 0.3) is 5.91 Å². The summed E-state index contributed by atoms with van der Waals surface area (Å²) in [6.45, 7) is 0. The topological polar surface area (TPSA) is 29.1 Å². The molecule has 1 aliphatic rings. The summed E-state index contributed by atoms with van der Waals surface area (Å²) in [6.07, 6.45) is 1.92. The Morgan fingerprint density at radius 1 is 0.955 bits per heavy atom. The first kappa shape index (κ1) is 13.5. The summed E-state index contributed by atoms with van der Waals surface area (Å²) in [7, 11) is 0. The van der Waals surface area contributed by atoms with E-state index in [1.807, 2.05) is 30.3 Å². The Balaban J connectivity index is 2.02. The van der Waals surface area contributed by atoms with Gasteiger partial charge in [-0.05, 0) is 39.3 Å². The van der Waals surface area contributed by atoms with Gasteiger partial charge in [-0.25, -0.2) is 0 Å². The SMILES string of the molecule is O=C1NC(=S)S/C1=C\c1cc2ccccc2c2ccccc12. The first-order valence-corrected chi connectivity index (χ1v) is 8.10. The predicted molar refractivity (Wildman–Crippen MR) is 97.8 cm³/mol.